The van der Waals surface area contributed by atoms with E-state index in [1.54, 1.807) is 0 Å². The molecule has 7 heteroatoms. The molecule has 0 saturated heterocycles. The van der Waals surface area contributed by atoms with Crippen molar-refractivity contribution in [2.24, 2.45) is 0 Å². The van der Waals surface area contributed by atoms with E-state index in [2.05, 4.69) is 0 Å². The summed E-state index contributed by atoms with van der Waals surface area (Å²) in [7, 11) is 0. The molecule has 3 atom stereocenters. The Morgan fingerprint density at radius 3 is 2.00 bits per heavy atom. The van der Waals surface area contributed by atoms with E-state index in [0.29, 0.717) is 0 Å². The first-order valence-corrected chi connectivity index (χ1v) is 5.67. The molecular formula is C11H20O7. The van der Waals surface area contributed by atoms with Gasteiger partial charge in [0.05, 0.1) is 31.7 Å². The van der Waals surface area contributed by atoms with Gasteiger partial charge in [0.2, 0.25) is 0 Å². The van der Waals surface area contributed by atoms with Crippen molar-refractivity contribution in [3.8, 4) is 0 Å². The van der Waals surface area contributed by atoms with Gasteiger partial charge in [-0.3, -0.25) is 9.59 Å². The molecule has 0 fully saturated rings. The van der Waals surface area contributed by atoms with Crippen molar-refractivity contribution in [2.45, 2.75) is 45.0 Å². The molecule has 18 heavy (non-hydrogen) atoms. The molecule has 0 aliphatic rings. The fraction of sp³-hybridized carbons (Fsp3) is 0.818. The Balaban J connectivity index is 3.97. The maximum absolute atomic E-state index is 11.2. The van der Waals surface area contributed by atoms with Gasteiger partial charge in [0.25, 0.3) is 0 Å². The molecule has 0 heterocycles. The molecule has 7 nitrogen and oxygen atoms in total. The van der Waals surface area contributed by atoms with Crippen LogP contribution in [0.15, 0.2) is 0 Å². The van der Waals surface area contributed by atoms with Crippen LogP contribution >= 0.6 is 0 Å². The SMILES string of the molecule is CC(O)CC(=O)OCC(CO)OC(=O)CC(C)O. The fourth-order valence-corrected chi connectivity index (χ4v) is 1.09. The molecule has 0 aliphatic carbocycles. The third-order valence-electron chi connectivity index (χ3n) is 1.86. The lowest BCUT2D eigenvalue weighted by molar-refractivity contribution is -0.163. The zero-order chi connectivity index (χ0) is 14.1. The number of esters is 2. The van der Waals surface area contributed by atoms with E-state index in [1.807, 2.05) is 0 Å². The predicted octanol–water partition coefficient (Wildman–Crippen LogP) is -1.02. The Kier molecular flexibility index (Phi) is 8.27. The molecule has 0 saturated carbocycles. The average Bonchev–Trinajstić information content (AvgIpc) is 2.21. The Bertz CT molecular complexity index is 262. The molecule has 3 N–H and O–H groups in total. The summed E-state index contributed by atoms with van der Waals surface area (Å²) in [6, 6.07) is 0. The first-order chi connectivity index (χ1) is 8.35. The highest BCUT2D eigenvalue weighted by Crippen LogP contribution is 2.01. The summed E-state index contributed by atoms with van der Waals surface area (Å²) in [5.74, 6) is -1.33. The summed E-state index contributed by atoms with van der Waals surface area (Å²) >= 11 is 0. The Morgan fingerprint density at radius 2 is 1.56 bits per heavy atom. The Labute approximate surface area is 105 Å². The maximum atomic E-state index is 11.2. The highest BCUT2D eigenvalue weighted by Gasteiger charge is 2.17. The van der Waals surface area contributed by atoms with Crippen LogP contribution in [0.25, 0.3) is 0 Å². The van der Waals surface area contributed by atoms with Crippen molar-refractivity contribution >= 4 is 11.9 Å². The van der Waals surface area contributed by atoms with Gasteiger partial charge in [0.15, 0.2) is 6.10 Å². The molecule has 0 spiro atoms. The number of carbonyl (C=O) groups is 2. The molecule has 106 valence electrons. The van der Waals surface area contributed by atoms with E-state index in [-0.39, 0.29) is 19.4 Å². The van der Waals surface area contributed by atoms with E-state index in [1.165, 1.54) is 13.8 Å². The summed E-state index contributed by atoms with van der Waals surface area (Å²) in [6.07, 6.45) is -2.98. The Morgan fingerprint density at radius 1 is 1.06 bits per heavy atom. The van der Waals surface area contributed by atoms with Gasteiger partial charge in [-0.25, -0.2) is 0 Å². The minimum absolute atomic E-state index is 0.167. The predicted molar refractivity (Wildman–Crippen MR) is 60.5 cm³/mol. The lowest BCUT2D eigenvalue weighted by Gasteiger charge is -2.16. The van der Waals surface area contributed by atoms with E-state index >= 15 is 0 Å². The van der Waals surface area contributed by atoms with Gasteiger partial charge in [-0.15, -0.1) is 0 Å². The molecule has 0 bridgehead atoms. The molecule has 0 aliphatic heterocycles. The standard InChI is InChI=1S/C11H20O7/c1-7(13)3-10(15)17-6-9(5-12)18-11(16)4-8(2)14/h7-9,12-14H,3-6H2,1-2H3. The second kappa shape index (κ2) is 8.84. The second-order valence-corrected chi connectivity index (χ2v) is 4.08. The van der Waals surface area contributed by atoms with E-state index < -0.39 is 36.9 Å². The molecule has 0 amide bonds. The zero-order valence-corrected chi connectivity index (χ0v) is 10.5. The van der Waals surface area contributed by atoms with Crippen LogP contribution in [0.3, 0.4) is 0 Å². The van der Waals surface area contributed by atoms with E-state index in [9.17, 15) is 9.59 Å². The number of aliphatic hydroxyl groups excluding tert-OH is 3. The summed E-state index contributed by atoms with van der Waals surface area (Å²) in [5.41, 5.74) is 0. The Hall–Kier alpha value is -1.18. The van der Waals surface area contributed by atoms with Crippen LogP contribution in [0, 0.1) is 0 Å². The molecule has 3 unspecified atom stereocenters. The minimum Gasteiger partial charge on any atom is -0.462 e. The maximum Gasteiger partial charge on any atom is 0.308 e. The average molecular weight is 264 g/mol. The van der Waals surface area contributed by atoms with Crippen LogP contribution in [0.2, 0.25) is 0 Å². The van der Waals surface area contributed by atoms with Crippen molar-refractivity contribution in [2.75, 3.05) is 13.2 Å². The van der Waals surface area contributed by atoms with Crippen molar-refractivity contribution in [1.82, 2.24) is 0 Å². The lowest BCUT2D eigenvalue weighted by Crippen LogP contribution is -2.30. The topological polar surface area (TPSA) is 113 Å². The lowest BCUT2D eigenvalue weighted by atomic mass is 10.3. The quantitative estimate of drug-likeness (QED) is 0.481. The van der Waals surface area contributed by atoms with E-state index in [0.717, 1.165) is 0 Å². The summed E-state index contributed by atoms with van der Waals surface area (Å²) < 4.78 is 9.49. The number of hydrogen-bond acceptors (Lipinski definition) is 7. The summed E-state index contributed by atoms with van der Waals surface area (Å²) in [5, 5.41) is 26.8. The first-order valence-electron chi connectivity index (χ1n) is 5.67. The smallest absolute Gasteiger partial charge is 0.308 e. The molecule has 0 aromatic carbocycles. The molecular weight excluding hydrogens is 244 g/mol. The molecule has 0 rings (SSSR count). The van der Waals surface area contributed by atoms with Crippen molar-refractivity contribution < 1.29 is 34.4 Å². The van der Waals surface area contributed by atoms with Gasteiger partial charge >= 0.3 is 11.9 Å². The number of ether oxygens (including phenoxy) is 2. The third-order valence-corrected chi connectivity index (χ3v) is 1.86. The van der Waals surface area contributed by atoms with E-state index in [4.69, 9.17) is 24.8 Å². The number of hydrogen-bond donors (Lipinski definition) is 3. The zero-order valence-electron chi connectivity index (χ0n) is 10.5. The largest absolute Gasteiger partial charge is 0.462 e. The van der Waals surface area contributed by atoms with Crippen molar-refractivity contribution in [3.63, 3.8) is 0 Å². The van der Waals surface area contributed by atoms with Crippen LogP contribution in [0.5, 0.6) is 0 Å². The highest BCUT2D eigenvalue weighted by atomic mass is 16.6. The number of aliphatic hydroxyl groups is 3. The van der Waals surface area contributed by atoms with Crippen LogP contribution in [0.4, 0.5) is 0 Å². The third kappa shape index (κ3) is 8.91. The van der Waals surface area contributed by atoms with Crippen LogP contribution < -0.4 is 0 Å². The monoisotopic (exact) mass is 264 g/mol. The number of rotatable bonds is 8. The van der Waals surface area contributed by atoms with Gasteiger partial charge < -0.3 is 24.8 Å². The summed E-state index contributed by atoms with van der Waals surface area (Å²) in [6.45, 7) is 2.09. The van der Waals surface area contributed by atoms with Gasteiger partial charge in [-0.1, -0.05) is 0 Å². The minimum atomic E-state index is -0.964. The fourth-order valence-electron chi connectivity index (χ4n) is 1.09. The van der Waals surface area contributed by atoms with Crippen LogP contribution in [0.1, 0.15) is 26.7 Å². The first kappa shape index (κ1) is 16.8. The molecule has 0 aromatic rings. The van der Waals surface area contributed by atoms with Crippen molar-refractivity contribution in [3.05, 3.63) is 0 Å². The van der Waals surface area contributed by atoms with Gasteiger partial charge in [-0.2, -0.15) is 0 Å². The van der Waals surface area contributed by atoms with Crippen molar-refractivity contribution in [1.29, 1.82) is 0 Å². The normalized spacial score (nSPS) is 15.6. The highest BCUT2D eigenvalue weighted by molar-refractivity contribution is 5.71. The number of carbonyl (C=O) groups excluding carboxylic acids is 2. The molecule has 0 aromatic heterocycles. The molecule has 0 radical (unpaired) electrons. The van der Waals surface area contributed by atoms with Gasteiger partial charge in [-0.05, 0) is 13.8 Å². The van der Waals surface area contributed by atoms with Crippen LogP contribution in [-0.2, 0) is 19.1 Å². The summed E-state index contributed by atoms with van der Waals surface area (Å²) in [4.78, 5) is 22.3. The van der Waals surface area contributed by atoms with Gasteiger partial charge in [0, 0.05) is 0 Å². The second-order valence-electron chi connectivity index (χ2n) is 4.08. The van der Waals surface area contributed by atoms with Crippen LogP contribution in [-0.4, -0.2) is 58.8 Å². The van der Waals surface area contributed by atoms with Gasteiger partial charge in [0.1, 0.15) is 6.61 Å².